The van der Waals surface area contributed by atoms with Gasteiger partial charge in [-0.3, -0.25) is 9.59 Å². The summed E-state index contributed by atoms with van der Waals surface area (Å²) in [7, 11) is 0. The molecule has 0 saturated heterocycles. The highest BCUT2D eigenvalue weighted by atomic mass is 19.4. The number of halogens is 4. The molecule has 9 nitrogen and oxygen atoms in total. The number of nitrogens with zero attached hydrogens (tertiary/aromatic N) is 3. The number of hydrogen-bond acceptors (Lipinski definition) is 6. The Morgan fingerprint density at radius 3 is 2.56 bits per heavy atom. The molecule has 0 spiro atoms. The number of anilines is 2. The second-order valence-corrected chi connectivity index (χ2v) is 9.20. The largest absolute Gasteiger partial charge is 0.454 e. The van der Waals surface area contributed by atoms with Gasteiger partial charge in [0, 0.05) is 22.2 Å². The number of nitrogens with two attached hydrogens (primary N) is 1. The highest BCUT2D eigenvalue weighted by molar-refractivity contribution is 6.07. The van der Waals surface area contributed by atoms with Crippen LogP contribution in [0.2, 0.25) is 0 Å². The summed E-state index contributed by atoms with van der Waals surface area (Å²) in [5.41, 5.74) is 6.34. The minimum atomic E-state index is -4.56. The van der Waals surface area contributed by atoms with Gasteiger partial charge in [0.05, 0.1) is 16.6 Å². The van der Waals surface area contributed by atoms with E-state index in [4.69, 9.17) is 10.2 Å². The average molecular weight is 562 g/mol. The number of H-pyrrole nitrogens is 1. The number of carbonyl (C=O) groups excluding carboxylic acids is 1. The fraction of sp³-hybridized carbons (Fsp3) is 0.0714. The number of nitrogens with one attached hydrogen (secondary N) is 2. The lowest BCUT2D eigenvalue weighted by Gasteiger charge is -2.10. The standard InChI is InChI=1S/C28H18F4N6O3/c1-13-19-10-5-14(26(39)34-17-4-2-3-15(12-17)28(30,31)32)11-20(19)41-24(13)23-21-22(27(40)36-35-25(21)33)37-38(23)18-8-6-16(29)7-9-18/h2-12H,1H3,(H2,33,35)(H,34,39)(H,36,40). The van der Waals surface area contributed by atoms with Crippen molar-refractivity contribution < 1.29 is 26.8 Å². The minimum absolute atomic E-state index is 0.0159. The number of furan rings is 1. The van der Waals surface area contributed by atoms with E-state index < -0.39 is 29.0 Å². The van der Waals surface area contributed by atoms with Crippen LogP contribution in [-0.2, 0) is 6.18 Å². The van der Waals surface area contributed by atoms with Gasteiger partial charge >= 0.3 is 6.18 Å². The van der Waals surface area contributed by atoms with Gasteiger partial charge in [-0.15, -0.1) is 0 Å². The lowest BCUT2D eigenvalue weighted by Crippen LogP contribution is -2.13. The zero-order valence-electron chi connectivity index (χ0n) is 21.0. The molecule has 6 rings (SSSR count). The molecule has 1 amide bonds. The predicted octanol–water partition coefficient (Wildman–Crippen LogP) is 5.82. The van der Waals surface area contributed by atoms with E-state index in [1.54, 1.807) is 13.0 Å². The third-order valence-corrected chi connectivity index (χ3v) is 6.57. The zero-order chi connectivity index (χ0) is 29.1. The fourth-order valence-corrected chi connectivity index (χ4v) is 4.59. The van der Waals surface area contributed by atoms with Crippen molar-refractivity contribution in [1.82, 2.24) is 20.0 Å². The van der Waals surface area contributed by atoms with E-state index in [2.05, 4.69) is 20.6 Å². The van der Waals surface area contributed by atoms with Crippen LogP contribution >= 0.6 is 0 Å². The number of aryl methyl sites for hydroxylation is 1. The molecule has 0 unspecified atom stereocenters. The average Bonchev–Trinajstić information content (AvgIpc) is 3.49. The molecule has 0 bridgehead atoms. The van der Waals surface area contributed by atoms with Crippen molar-refractivity contribution in [3.8, 4) is 17.1 Å². The third-order valence-electron chi connectivity index (χ3n) is 6.57. The summed E-state index contributed by atoms with van der Waals surface area (Å²) in [5.74, 6) is -0.879. The lowest BCUT2D eigenvalue weighted by atomic mass is 10.1. The molecule has 6 aromatic rings. The molecule has 4 N–H and O–H groups in total. The van der Waals surface area contributed by atoms with Crippen molar-refractivity contribution in [2.24, 2.45) is 0 Å². The molecule has 3 aromatic heterocycles. The van der Waals surface area contributed by atoms with Crippen molar-refractivity contribution in [1.29, 1.82) is 0 Å². The maximum absolute atomic E-state index is 13.7. The molecule has 0 aliphatic heterocycles. The molecule has 0 aliphatic rings. The van der Waals surface area contributed by atoms with E-state index in [9.17, 15) is 27.2 Å². The number of hydrogen-bond donors (Lipinski definition) is 3. The SMILES string of the molecule is Cc1c(-c2c3c(N)n[nH]c(=O)c3nn2-c2ccc(F)cc2)oc2cc(C(=O)Nc3cccc(C(F)(F)F)c3)ccc12. The number of carbonyl (C=O) groups is 1. The van der Waals surface area contributed by atoms with Crippen LogP contribution in [0.3, 0.4) is 0 Å². The molecule has 41 heavy (non-hydrogen) atoms. The summed E-state index contributed by atoms with van der Waals surface area (Å²) in [6.45, 7) is 1.76. The Hall–Kier alpha value is -5.46. The summed E-state index contributed by atoms with van der Waals surface area (Å²) >= 11 is 0. The van der Waals surface area contributed by atoms with Crippen LogP contribution in [0.1, 0.15) is 21.5 Å². The second-order valence-electron chi connectivity index (χ2n) is 9.20. The molecule has 3 aromatic carbocycles. The van der Waals surface area contributed by atoms with E-state index >= 15 is 0 Å². The van der Waals surface area contributed by atoms with Crippen LogP contribution < -0.4 is 16.6 Å². The van der Waals surface area contributed by atoms with Crippen molar-refractivity contribution in [2.75, 3.05) is 11.1 Å². The maximum atomic E-state index is 13.7. The molecule has 13 heteroatoms. The van der Waals surface area contributed by atoms with Gasteiger partial charge in [-0.1, -0.05) is 12.1 Å². The van der Waals surface area contributed by atoms with Crippen LogP contribution in [0.15, 0.2) is 75.9 Å². The first kappa shape index (κ1) is 25.8. The van der Waals surface area contributed by atoms with Crippen molar-refractivity contribution >= 4 is 39.3 Å². The minimum Gasteiger partial charge on any atom is -0.454 e. The van der Waals surface area contributed by atoms with Crippen molar-refractivity contribution in [3.63, 3.8) is 0 Å². The molecular weight excluding hydrogens is 544 g/mol. The Morgan fingerprint density at radius 2 is 1.83 bits per heavy atom. The monoisotopic (exact) mass is 562 g/mol. The Morgan fingerprint density at radius 1 is 1.07 bits per heavy atom. The quantitative estimate of drug-likeness (QED) is 0.232. The zero-order valence-corrected chi connectivity index (χ0v) is 21.0. The first-order chi connectivity index (χ1) is 19.5. The Labute approximate surface area is 227 Å². The highest BCUT2D eigenvalue weighted by Gasteiger charge is 2.30. The maximum Gasteiger partial charge on any atom is 0.416 e. The summed E-state index contributed by atoms with van der Waals surface area (Å²) < 4.78 is 60.5. The van der Waals surface area contributed by atoms with E-state index in [1.807, 2.05) is 0 Å². The molecular formula is C28H18F4N6O3. The first-order valence-corrected chi connectivity index (χ1v) is 12.1. The lowest BCUT2D eigenvalue weighted by molar-refractivity contribution is -0.137. The smallest absolute Gasteiger partial charge is 0.416 e. The number of aromatic nitrogens is 4. The van der Waals surface area contributed by atoms with Gasteiger partial charge in [-0.2, -0.15) is 23.4 Å². The van der Waals surface area contributed by atoms with E-state index in [-0.39, 0.29) is 45.0 Å². The van der Waals surface area contributed by atoms with Gasteiger partial charge in [0.25, 0.3) is 11.5 Å². The number of alkyl halides is 3. The normalized spacial score (nSPS) is 11.8. The van der Waals surface area contributed by atoms with E-state index in [1.165, 1.54) is 53.2 Å². The molecule has 0 radical (unpaired) electrons. The van der Waals surface area contributed by atoms with Crippen LogP contribution in [0.4, 0.5) is 29.1 Å². The number of fused-ring (bicyclic) bond motifs is 2. The van der Waals surface area contributed by atoms with Crippen molar-refractivity contribution in [2.45, 2.75) is 13.1 Å². The van der Waals surface area contributed by atoms with Gasteiger partial charge in [0.1, 0.15) is 17.1 Å². The predicted molar refractivity (Wildman–Crippen MR) is 143 cm³/mol. The van der Waals surface area contributed by atoms with Crippen LogP contribution in [0.25, 0.3) is 39.0 Å². The van der Waals surface area contributed by atoms with E-state index in [0.717, 1.165) is 12.1 Å². The number of benzene rings is 3. The van der Waals surface area contributed by atoms with Crippen LogP contribution in [-0.4, -0.2) is 25.9 Å². The molecule has 0 saturated carbocycles. The molecule has 206 valence electrons. The van der Waals surface area contributed by atoms with Gasteiger partial charge in [0.2, 0.25) is 0 Å². The molecule has 0 aliphatic carbocycles. The molecule has 0 fully saturated rings. The topological polar surface area (TPSA) is 132 Å². The van der Waals surface area contributed by atoms with Crippen LogP contribution in [0, 0.1) is 12.7 Å². The third kappa shape index (κ3) is 4.46. The van der Waals surface area contributed by atoms with Gasteiger partial charge < -0.3 is 15.5 Å². The molecule has 0 atom stereocenters. The summed E-state index contributed by atoms with van der Waals surface area (Å²) in [5, 5.41) is 13.8. The number of amides is 1. The van der Waals surface area contributed by atoms with Gasteiger partial charge in [0.15, 0.2) is 17.1 Å². The van der Waals surface area contributed by atoms with E-state index in [0.29, 0.717) is 16.6 Å². The summed E-state index contributed by atoms with van der Waals surface area (Å²) in [6, 6.07) is 14.3. The van der Waals surface area contributed by atoms with Gasteiger partial charge in [-0.05, 0) is 61.5 Å². The van der Waals surface area contributed by atoms with Crippen molar-refractivity contribution in [3.05, 3.63) is 99.6 Å². The van der Waals surface area contributed by atoms with Gasteiger partial charge in [-0.25, -0.2) is 14.2 Å². The number of aromatic amines is 1. The second kappa shape index (κ2) is 9.33. The Balaban J connectivity index is 1.46. The first-order valence-electron chi connectivity index (χ1n) is 12.1. The highest BCUT2D eigenvalue weighted by Crippen LogP contribution is 2.39. The fourth-order valence-electron chi connectivity index (χ4n) is 4.59. The summed E-state index contributed by atoms with van der Waals surface area (Å²) in [6.07, 6.45) is -4.56. The Kier molecular flexibility index (Phi) is 5.87. The van der Waals surface area contributed by atoms with Crippen LogP contribution in [0.5, 0.6) is 0 Å². The number of rotatable bonds is 4. The molecule has 3 heterocycles. The number of nitrogen functional groups attached to an aromatic ring is 1. The Bertz CT molecular complexity index is 2040. The summed E-state index contributed by atoms with van der Waals surface area (Å²) in [4.78, 5) is 25.5.